The van der Waals surface area contributed by atoms with E-state index in [0.717, 1.165) is 28.7 Å². The summed E-state index contributed by atoms with van der Waals surface area (Å²) >= 11 is 1.50. The number of carbonyl (C=O) groups is 1. The quantitative estimate of drug-likeness (QED) is 0.265. The predicted molar refractivity (Wildman–Crippen MR) is 161 cm³/mol. The number of carbonyl (C=O) groups excluding carboxylic acids is 1. The number of aryl methyl sites for hydroxylation is 1. The molecule has 2 aromatic carbocycles. The van der Waals surface area contributed by atoms with Crippen LogP contribution in [-0.2, 0) is 10.0 Å². The minimum atomic E-state index is -3.66. The van der Waals surface area contributed by atoms with Gasteiger partial charge < -0.3 is 4.90 Å². The summed E-state index contributed by atoms with van der Waals surface area (Å²) in [7, 11) is 0.357. The van der Waals surface area contributed by atoms with E-state index in [9.17, 15) is 13.2 Å². The standard InChI is InChI=1S/C28H40N4O3S2.ClH/c1-20(2)18-31(19-21(3)4)37(34,35)24-14-12-23(13-15-24)27(33)32(17-9-16-30(6)7)28-29-26-22(5)10-8-11-25(26)36-28;/h8,10-15,20-21H,9,16-19H2,1-7H3;1H. The Morgan fingerprint density at radius 1 is 0.947 bits per heavy atom. The molecule has 0 saturated carbocycles. The SMILES string of the molecule is Cc1cccc2sc(N(CCCN(C)C)C(=O)c3ccc(S(=O)(=O)N(CC(C)C)CC(C)C)cc3)nc12.Cl. The third kappa shape index (κ3) is 7.99. The van der Waals surface area contributed by atoms with Gasteiger partial charge in [0.15, 0.2) is 5.13 Å². The zero-order valence-electron chi connectivity index (χ0n) is 23.5. The fourth-order valence-corrected chi connectivity index (χ4v) is 7.01. The molecule has 1 aromatic heterocycles. The molecule has 0 aliphatic rings. The second-order valence-corrected chi connectivity index (χ2v) is 13.6. The van der Waals surface area contributed by atoms with Crippen LogP contribution < -0.4 is 4.90 Å². The highest BCUT2D eigenvalue weighted by molar-refractivity contribution is 7.89. The third-order valence-corrected chi connectivity index (χ3v) is 8.84. The average Bonchev–Trinajstić information content (AvgIpc) is 3.26. The summed E-state index contributed by atoms with van der Waals surface area (Å²) in [6.45, 7) is 12.3. The van der Waals surface area contributed by atoms with E-state index in [1.54, 1.807) is 33.5 Å². The summed E-state index contributed by atoms with van der Waals surface area (Å²) in [6, 6.07) is 12.4. The first-order valence-electron chi connectivity index (χ1n) is 12.8. The monoisotopic (exact) mass is 580 g/mol. The van der Waals surface area contributed by atoms with Crippen LogP contribution >= 0.6 is 23.7 Å². The molecule has 0 atom stereocenters. The fraction of sp³-hybridized carbons (Fsp3) is 0.500. The van der Waals surface area contributed by atoms with Gasteiger partial charge in [0.2, 0.25) is 10.0 Å². The molecule has 1 amide bonds. The Kier molecular flexibility index (Phi) is 11.7. The Labute approximate surface area is 238 Å². The first kappa shape index (κ1) is 32.2. The van der Waals surface area contributed by atoms with E-state index in [4.69, 9.17) is 4.98 Å². The maximum Gasteiger partial charge on any atom is 0.260 e. The van der Waals surface area contributed by atoms with Crippen LogP contribution in [0.25, 0.3) is 10.2 Å². The summed E-state index contributed by atoms with van der Waals surface area (Å²) in [6.07, 6.45) is 0.791. The number of rotatable bonds is 12. The third-order valence-electron chi connectivity index (χ3n) is 5.95. The van der Waals surface area contributed by atoms with Crippen molar-refractivity contribution in [3.63, 3.8) is 0 Å². The molecule has 38 heavy (non-hydrogen) atoms. The Bertz CT molecular complexity index is 1300. The number of hydrogen-bond acceptors (Lipinski definition) is 6. The van der Waals surface area contributed by atoms with Crippen LogP contribution in [0.4, 0.5) is 5.13 Å². The van der Waals surface area contributed by atoms with Gasteiger partial charge in [-0.25, -0.2) is 13.4 Å². The molecular formula is C28H41ClN4O3S2. The van der Waals surface area contributed by atoms with E-state index >= 15 is 0 Å². The number of nitrogens with zero attached hydrogens (tertiary/aromatic N) is 4. The van der Waals surface area contributed by atoms with E-state index in [2.05, 4.69) is 4.90 Å². The molecule has 0 aliphatic carbocycles. The van der Waals surface area contributed by atoms with Gasteiger partial charge in [0, 0.05) is 25.2 Å². The van der Waals surface area contributed by atoms with Gasteiger partial charge in [0.1, 0.15) is 0 Å². The van der Waals surface area contributed by atoms with Gasteiger partial charge >= 0.3 is 0 Å². The number of amides is 1. The molecule has 0 N–H and O–H groups in total. The number of sulfonamides is 1. The van der Waals surface area contributed by atoms with Crippen molar-refractivity contribution in [2.75, 3.05) is 45.2 Å². The maximum atomic E-state index is 13.7. The van der Waals surface area contributed by atoms with Crippen LogP contribution in [0.15, 0.2) is 47.4 Å². The molecule has 0 fully saturated rings. The van der Waals surface area contributed by atoms with Crippen molar-refractivity contribution in [2.45, 2.75) is 45.9 Å². The van der Waals surface area contributed by atoms with E-state index in [0.29, 0.717) is 30.3 Å². The van der Waals surface area contributed by atoms with Crippen molar-refractivity contribution in [3.8, 4) is 0 Å². The van der Waals surface area contributed by atoms with E-state index < -0.39 is 10.0 Å². The number of benzene rings is 2. The van der Waals surface area contributed by atoms with Gasteiger partial charge in [-0.15, -0.1) is 12.4 Å². The van der Waals surface area contributed by atoms with Crippen LogP contribution in [0.3, 0.4) is 0 Å². The number of aromatic nitrogens is 1. The first-order chi connectivity index (χ1) is 17.4. The van der Waals surface area contributed by atoms with Crippen LogP contribution in [0, 0.1) is 18.8 Å². The van der Waals surface area contributed by atoms with Gasteiger partial charge in [-0.1, -0.05) is 51.2 Å². The number of anilines is 1. The molecule has 0 saturated heterocycles. The topological polar surface area (TPSA) is 73.8 Å². The van der Waals surface area contributed by atoms with Gasteiger partial charge in [-0.05, 0) is 81.7 Å². The molecule has 210 valence electrons. The van der Waals surface area contributed by atoms with Gasteiger partial charge in [-0.2, -0.15) is 4.31 Å². The van der Waals surface area contributed by atoms with Gasteiger partial charge in [0.25, 0.3) is 5.91 Å². The van der Waals surface area contributed by atoms with E-state index in [1.807, 2.05) is 66.9 Å². The summed E-state index contributed by atoms with van der Waals surface area (Å²) in [5.41, 5.74) is 2.42. The highest BCUT2D eigenvalue weighted by Gasteiger charge is 2.27. The highest BCUT2D eigenvalue weighted by Crippen LogP contribution is 2.32. The molecule has 3 aromatic rings. The number of hydrogen-bond donors (Lipinski definition) is 0. The molecule has 10 heteroatoms. The zero-order valence-corrected chi connectivity index (χ0v) is 25.9. The van der Waals surface area contributed by atoms with Crippen LogP contribution in [0.2, 0.25) is 0 Å². The van der Waals surface area contributed by atoms with Crippen molar-refractivity contribution >= 4 is 55.0 Å². The van der Waals surface area contributed by atoms with Crippen molar-refractivity contribution in [2.24, 2.45) is 11.8 Å². The molecule has 3 rings (SSSR count). The summed E-state index contributed by atoms with van der Waals surface area (Å²) < 4.78 is 29.4. The minimum absolute atomic E-state index is 0. The van der Waals surface area contributed by atoms with Crippen LogP contribution in [-0.4, -0.2) is 68.8 Å². The average molecular weight is 581 g/mol. The number of halogens is 1. The summed E-state index contributed by atoms with van der Waals surface area (Å²) in [4.78, 5) is 22.5. The number of fused-ring (bicyclic) bond motifs is 1. The molecule has 0 aliphatic heterocycles. The van der Waals surface area contributed by atoms with Crippen molar-refractivity contribution in [1.82, 2.24) is 14.2 Å². The lowest BCUT2D eigenvalue weighted by Crippen LogP contribution is -2.37. The lowest BCUT2D eigenvalue weighted by Gasteiger charge is -2.26. The molecular weight excluding hydrogens is 540 g/mol. The normalized spacial score (nSPS) is 12.1. The first-order valence-corrected chi connectivity index (χ1v) is 15.1. The minimum Gasteiger partial charge on any atom is -0.309 e. The smallest absolute Gasteiger partial charge is 0.260 e. The van der Waals surface area contributed by atoms with Gasteiger partial charge in [0.05, 0.1) is 15.1 Å². The number of thiazole rings is 1. The Hall–Kier alpha value is -2.04. The lowest BCUT2D eigenvalue weighted by atomic mass is 10.2. The fourth-order valence-electron chi connectivity index (χ4n) is 4.18. The summed E-state index contributed by atoms with van der Waals surface area (Å²) in [5.74, 6) is 0.241. The summed E-state index contributed by atoms with van der Waals surface area (Å²) in [5, 5.41) is 0.657. The largest absolute Gasteiger partial charge is 0.309 e. The van der Waals surface area contributed by atoms with Gasteiger partial charge in [-0.3, -0.25) is 9.69 Å². The molecule has 7 nitrogen and oxygen atoms in total. The molecule has 1 heterocycles. The maximum absolute atomic E-state index is 13.7. The number of para-hydroxylation sites is 1. The molecule has 0 radical (unpaired) electrons. The Morgan fingerprint density at radius 2 is 1.55 bits per heavy atom. The van der Waals surface area contributed by atoms with Crippen molar-refractivity contribution < 1.29 is 13.2 Å². The lowest BCUT2D eigenvalue weighted by molar-refractivity contribution is 0.0986. The highest BCUT2D eigenvalue weighted by atomic mass is 35.5. The van der Waals surface area contributed by atoms with Crippen LogP contribution in [0.5, 0.6) is 0 Å². The van der Waals surface area contributed by atoms with Crippen molar-refractivity contribution in [3.05, 3.63) is 53.6 Å². The van der Waals surface area contributed by atoms with Crippen LogP contribution in [0.1, 0.15) is 50.0 Å². The zero-order chi connectivity index (χ0) is 27.3. The van der Waals surface area contributed by atoms with E-state index in [-0.39, 0.29) is 35.0 Å². The molecule has 0 unspecified atom stereocenters. The Balaban J connectivity index is 0.00000507. The Morgan fingerprint density at radius 3 is 2.08 bits per heavy atom. The molecule has 0 spiro atoms. The predicted octanol–water partition coefficient (Wildman–Crippen LogP) is 5.93. The second kappa shape index (κ2) is 13.8. The molecule has 0 bridgehead atoms. The van der Waals surface area contributed by atoms with Crippen molar-refractivity contribution in [1.29, 1.82) is 0 Å². The second-order valence-electron chi connectivity index (χ2n) is 10.7. The van der Waals surface area contributed by atoms with E-state index in [1.165, 1.54) is 11.3 Å².